The Balaban J connectivity index is 2.63. The van der Waals surface area contributed by atoms with Crippen LogP contribution < -0.4 is 4.57 Å². The van der Waals surface area contributed by atoms with Gasteiger partial charge >= 0.3 is 11.8 Å². The number of nitrogens with zero attached hydrogens (tertiary/aromatic N) is 3. The van der Waals surface area contributed by atoms with Gasteiger partial charge in [0, 0.05) is 26.0 Å². The molecular weight excluding hydrogens is 302 g/mol. The van der Waals surface area contributed by atoms with Crippen LogP contribution >= 0.6 is 0 Å². The Morgan fingerprint density at radius 3 is 2.57 bits per heavy atom. The lowest BCUT2D eigenvalue weighted by Crippen LogP contribution is -2.37. The van der Waals surface area contributed by atoms with Crippen LogP contribution in [0.3, 0.4) is 0 Å². The molecule has 2 N–H and O–H groups in total. The largest absolute Gasteiger partial charge is 0.481 e. The number of carbonyl (C=O) groups is 1. The molecule has 8 heteroatoms. The average molecular weight is 320 g/mol. The van der Waals surface area contributed by atoms with E-state index in [-0.39, 0.29) is 12.1 Å². The van der Waals surface area contributed by atoms with Crippen molar-refractivity contribution >= 4 is 11.7 Å². The van der Waals surface area contributed by atoms with Crippen LogP contribution in [0.4, 0.5) is 5.69 Å². The van der Waals surface area contributed by atoms with Crippen molar-refractivity contribution in [2.75, 3.05) is 0 Å². The normalized spacial score (nSPS) is 12.1. The van der Waals surface area contributed by atoms with Crippen molar-refractivity contribution < 1.29 is 24.6 Å². The van der Waals surface area contributed by atoms with Gasteiger partial charge in [-0.1, -0.05) is 12.1 Å². The molecule has 0 saturated heterocycles. The van der Waals surface area contributed by atoms with Gasteiger partial charge in [0.05, 0.1) is 18.4 Å². The number of hydrogen-bond acceptors (Lipinski definition) is 4. The Labute approximate surface area is 132 Å². The van der Waals surface area contributed by atoms with Crippen molar-refractivity contribution in [1.82, 2.24) is 4.73 Å². The first-order chi connectivity index (χ1) is 10.7. The van der Waals surface area contributed by atoms with E-state index in [1.54, 1.807) is 31.5 Å². The van der Waals surface area contributed by atoms with E-state index in [4.69, 9.17) is 0 Å². The summed E-state index contributed by atoms with van der Waals surface area (Å²) in [6.07, 6.45) is -0.293. The molecule has 0 radical (unpaired) electrons. The van der Waals surface area contributed by atoms with Crippen LogP contribution in [0.15, 0.2) is 24.3 Å². The summed E-state index contributed by atoms with van der Waals surface area (Å²) in [6, 6.07) is 5.81. The molecule has 122 valence electrons. The van der Waals surface area contributed by atoms with Crippen LogP contribution in [0.2, 0.25) is 0 Å². The van der Waals surface area contributed by atoms with Crippen molar-refractivity contribution in [2.45, 2.75) is 26.2 Å². The number of carboxylic acids is 1. The minimum atomic E-state index is -1.06. The van der Waals surface area contributed by atoms with Crippen LogP contribution in [0.5, 0.6) is 0 Å². The lowest BCUT2D eigenvalue weighted by Gasteiger charge is -2.12. The number of nitro groups is 1. The van der Waals surface area contributed by atoms with Gasteiger partial charge < -0.3 is 10.3 Å². The molecule has 0 amide bonds. The molecule has 0 spiro atoms. The average Bonchev–Trinajstić information content (AvgIpc) is 2.69. The van der Waals surface area contributed by atoms with Gasteiger partial charge in [0.25, 0.3) is 5.69 Å². The van der Waals surface area contributed by atoms with Crippen LogP contribution in [0.1, 0.15) is 35.1 Å². The lowest BCUT2D eigenvalue weighted by atomic mass is 9.94. The van der Waals surface area contributed by atoms with Crippen molar-refractivity contribution in [2.24, 2.45) is 7.05 Å². The van der Waals surface area contributed by atoms with Crippen molar-refractivity contribution in [3.05, 3.63) is 57.2 Å². The molecule has 0 fully saturated rings. The fourth-order valence-corrected chi connectivity index (χ4v) is 2.65. The molecule has 1 atom stereocenters. The summed E-state index contributed by atoms with van der Waals surface area (Å²) in [6.45, 7) is 3.51. The number of aromatic nitrogens is 2. The fraction of sp³-hybridized carbons (Fsp3) is 0.333. The molecule has 0 bridgehead atoms. The summed E-state index contributed by atoms with van der Waals surface area (Å²) in [4.78, 5) is 21.7. The topological polar surface area (TPSA) is 109 Å². The summed E-state index contributed by atoms with van der Waals surface area (Å²) < 4.78 is 2.64. The maximum Gasteiger partial charge on any atom is 0.304 e. The van der Waals surface area contributed by atoms with E-state index in [0.717, 1.165) is 10.4 Å². The number of aliphatic carboxylic acids is 1. The molecular formula is C15H18N3O5+. The number of hydrogen-bond donors (Lipinski definition) is 2. The van der Waals surface area contributed by atoms with Gasteiger partial charge in [-0.2, -0.15) is 0 Å². The van der Waals surface area contributed by atoms with E-state index >= 15 is 0 Å². The minimum absolute atomic E-state index is 0.120. The molecule has 0 aliphatic heterocycles. The number of imidazole rings is 1. The number of nitro benzene ring substituents is 1. The van der Waals surface area contributed by atoms with Crippen LogP contribution in [0, 0.1) is 24.0 Å². The van der Waals surface area contributed by atoms with Gasteiger partial charge in [-0.3, -0.25) is 14.9 Å². The van der Waals surface area contributed by atoms with E-state index in [0.29, 0.717) is 17.1 Å². The Morgan fingerprint density at radius 2 is 2.09 bits per heavy atom. The first-order valence-corrected chi connectivity index (χ1v) is 6.97. The van der Waals surface area contributed by atoms with Gasteiger partial charge in [0.15, 0.2) is 5.69 Å². The Bertz CT molecular complexity index is 756. The highest BCUT2D eigenvalue weighted by molar-refractivity contribution is 5.68. The van der Waals surface area contributed by atoms with Crippen LogP contribution in [0.25, 0.3) is 0 Å². The molecule has 0 aliphatic carbocycles. The first-order valence-electron chi connectivity index (χ1n) is 6.97. The fourth-order valence-electron chi connectivity index (χ4n) is 2.65. The minimum Gasteiger partial charge on any atom is -0.481 e. The molecule has 1 unspecified atom stereocenters. The van der Waals surface area contributed by atoms with Crippen molar-refractivity contribution in [3.63, 3.8) is 0 Å². The number of non-ortho nitro benzene ring substituents is 1. The molecule has 1 aromatic carbocycles. The second-order valence-corrected chi connectivity index (χ2v) is 5.40. The molecule has 1 heterocycles. The number of benzene rings is 1. The van der Waals surface area contributed by atoms with E-state index in [1.807, 2.05) is 0 Å². The molecule has 0 aliphatic rings. The van der Waals surface area contributed by atoms with Gasteiger partial charge in [-0.25, -0.2) is 4.57 Å². The third-order valence-corrected chi connectivity index (χ3v) is 4.08. The van der Waals surface area contributed by atoms with Gasteiger partial charge in [0.1, 0.15) is 11.6 Å². The molecule has 2 aromatic rings. The Hall–Kier alpha value is -2.90. The van der Waals surface area contributed by atoms with E-state index < -0.39 is 16.8 Å². The Morgan fingerprint density at radius 1 is 1.43 bits per heavy atom. The standard InChI is InChI=1S/C15H17N3O5/c1-9-10(2)17(21)15(16(9)3)13(8-14(19)20)11-5-4-6-12(7-11)18(22)23/h4-7,13H,8H2,1-3H3,(H-,19,20,21)/p+1. The zero-order valence-corrected chi connectivity index (χ0v) is 13.1. The molecule has 1 aromatic heterocycles. The predicted molar refractivity (Wildman–Crippen MR) is 79.5 cm³/mol. The summed E-state index contributed by atoms with van der Waals surface area (Å²) in [5, 5.41) is 30.5. The highest BCUT2D eigenvalue weighted by atomic mass is 16.6. The van der Waals surface area contributed by atoms with Gasteiger partial charge in [-0.15, -0.1) is 0 Å². The molecule has 2 rings (SSSR count). The molecule has 23 heavy (non-hydrogen) atoms. The first kappa shape index (κ1) is 16.5. The summed E-state index contributed by atoms with van der Waals surface area (Å²) in [5.74, 6) is -1.41. The second-order valence-electron chi connectivity index (χ2n) is 5.40. The second kappa shape index (κ2) is 6.07. The number of rotatable bonds is 5. The monoisotopic (exact) mass is 320 g/mol. The summed E-state index contributed by atoms with van der Waals surface area (Å²) in [5.41, 5.74) is 1.71. The van der Waals surface area contributed by atoms with E-state index in [2.05, 4.69) is 0 Å². The number of carboxylic acid groups (broad SMARTS) is 1. The highest BCUT2D eigenvalue weighted by Crippen LogP contribution is 2.29. The van der Waals surface area contributed by atoms with Gasteiger partial charge in [0.2, 0.25) is 0 Å². The van der Waals surface area contributed by atoms with E-state index in [9.17, 15) is 25.2 Å². The zero-order valence-electron chi connectivity index (χ0n) is 13.1. The van der Waals surface area contributed by atoms with E-state index in [1.165, 1.54) is 18.2 Å². The van der Waals surface area contributed by atoms with Crippen LogP contribution in [-0.4, -0.2) is 25.9 Å². The summed E-state index contributed by atoms with van der Waals surface area (Å²) >= 11 is 0. The lowest BCUT2D eigenvalue weighted by molar-refractivity contribution is -0.686. The van der Waals surface area contributed by atoms with Crippen molar-refractivity contribution in [1.29, 1.82) is 0 Å². The highest BCUT2D eigenvalue weighted by Gasteiger charge is 2.34. The quantitative estimate of drug-likeness (QED) is 0.377. The van der Waals surface area contributed by atoms with Crippen LogP contribution in [-0.2, 0) is 11.8 Å². The predicted octanol–water partition coefficient (Wildman–Crippen LogP) is 1.68. The maximum absolute atomic E-state index is 11.3. The third-order valence-electron chi connectivity index (χ3n) is 4.08. The molecule has 8 nitrogen and oxygen atoms in total. The molecule has 0 saturated carbocycles. The third kappa shape index (κ3) is 3.01. The maximum atomic E-state index is 11.3. The zero-order chi connectivity index (χ0) is 17.3. The Kier molecular flexibility index (Phi) is 4.35. The SMILES string of the molecule is Cc1c(C)[n+](C)c(C(CC(=O)O)c2cccc([N+](=O)[O-])c2)n1O. The van der Waals surface area contributed by atoms with Gasteiger partial charge in [-0.05, 0) is 10.3 Å². The summed E-state index contributed by atoms with van der Waals surface area (Å²) in [7, 11) is 1.72. The van der Waals surface area contributed by atoms with Crippen molar-refractivity contribution in [3.8, 4) is 0 Å². The smallest absolute Gasteiger partial charge is 0.304 e.